The summed E-state index contributed by atoms with van der Waals surface area (Å²) in [6.45, 7) is 9.24. The first-order valence-corrected chi connectivity index (χ1v) is 8.05. The molecule has 0 aliphatic carbocycles. The van der Waals surface area contributed by atoms with Gasteiger partial charge in [0, 0.05) is 27.2 Å². The SMILES string of the molecule is CCNc1nc(-c2cc(Br)c(C)s2)nc(C)c1CC. The third kappa shape index (κ3) is 2.98. The highest BCUT2D eigenvalue weighted by Gasteiger charge is 2.13. The first kappa shape index (κ1) is 14.5. The first-order valence-electron chi connectivity index (χ1n) is 6.44. The average molecular weight is 340 g/mol. The van der Waals surface area contributed by atoms with Crippen molar-refractivity contribution in [2.24, 2.45) is 0 Å². The van der Waals surface area contributed by atoms with E-state index in [0.717, 1.165) is 39.7 Å². The lowest BCUT2D eigenvalue weighted by Gasteiger charge is -2.12. The Morgan fingerprint density at radius 3 is 2.53 bits per heavy atom. The van der Waals surface area contributed by atoms with Crippen molar-refractivity contribution in [2.75, 3.05) is 11.9 Å². The summed E-state index contributed by atoms with van der Waals surface area (Å²) in [5, 5.41) is 3.34. The molecule has 2 heterocycles. The fourth-order valence-corrected chi connectivity index (χ4v) is 3.48. The second-order valence-corrected chi connectivity index (χ2v) is 6.47. The van der Waals surface area contributed by atoms with Gasteiger partial charge in [-0.05, 0) is 49.2 Å². The average Bonchev–Trinajstić information content (AvgIpc) is 2.70. The molecular formula is C14H18BrN3S. The summed E-state index contributed by atoms with van der Waals surface area (Å²) < 4.78 is 1.12. The Hall–Kier alpha value is -0.940. The molecule has 0 atom stereocenters. The zero-order chi connectivity index (χ0) is 14.0. The van der Waals surface area contributed by atoms with Crippen molar-refractivity contribution in [1.29, 1.82) is 0 Å². The zero-order valence-electron chi connectivity index (χ0n) is 11.7. The summed E-state index contributed by atoms with van der Waals surface area (Å²) >= 11 is 5.27. The van der Waals surface area contributed by atoms with Gasteiger partial charge in [-0.1, -0.05) is 6.92 Å². The molecule has 5 heteroatoms. The van der Waals surface area contributed by atoms with Gasteiger partial charge in [-0.15, -0.1) is 11.3 Å². The lowest BCUT2D eigenvalue weighted by molar-refractivity contribution is 0.991. The van der Waals surface area contributed by atoms with Crippen LogP contribution in [0.2, 0.25) is 0 Å². The van der Waals surface area contributed by atoms with E-state index in [-0.39, 0.29) is 0 Å². The first-order chi connectivity index (χ1) is 9.06. The van der Waals surface area contributed by atoms with E-state index in [4.69, 9.17) is 0 Å². The van der Waals surface area contributed by atoms with Crippen LogP contribution in [-0.4, -0.2) is 16.5 Å². The van der Waals surface area contributed by atoms with Gasteiger partial charge in [-0.25, -0.2) is 9.97 Å². The number of rotatable bonds is 4. The van der Waals surface area contributed by atoms with Crippen LogP contribution in [0.5, 0.6) is 0 Å². The van der Waals surface area contributed by atoms with Crippen LogP contribution in [0, 0.1) is 13.8 Å². The van der Waals surface area contributed by atoms with Gasteiger partial charge in [0.15, 0.2) is 5.82 Å². The second-order valence-electron chi connectivity index (χ2n) is 4.36. The van der Waals surface area contributed by atoms with Crippen LogP contribution in [0.4, 0.5) is 5.82 Å². The van der Waals surface area contributed by atoms with Gasteiger partial charge in [0.25, 0.3) is 0 Å². The normalized spacial score (nSPS) is 10.8. The molecule has 102 valence electrons. The summed E-state index contributed by atoms with van der Waals surface area (Å²) in [4.78, 5) is 11.7. The maximum absolute atomic E-state index is 4.69. The molecule has 3 nitrogen and oxygen atoms in total. The summed E-state index contributed by atoms with van der Waals surface area (Å²) in [6.07, 6.45) is 0.946. The molecule has 0 aliphatic heterocycles. The van der Waals surface area contributed by atoms with E-state index >= 15 is 0 Å². The van der Waals surface area contributed by atoms with Crippen molar-refractivity contribution in [3.05, 3.63) is 26.7 Å². The van der Waals surface area contributed by atoms with Crippen molar-refractivity contribution >= 4 is 33.1 Å². The number of halogens is 1. The Morgan fingerprint density at radius 1 is 1.26 bits per heavy atom. The molecule has 0 fully saturated rings. The standard InChI is InChI=1S/C14H18BrN3S/c1-5-10-8(3)17-14(18-13(10)16-6-2)12-7-11(15)9(4)19-12/h7H,5-6H2,1-4H3,(H,16,17,18). The van der Waals surface area contributed by atoms with Gasteiger partial charge >= 0.3 is 0 Å². The topological polar surface area (TPSA) is 37.8 Å². The van der Waals surface area contributed by atoms with Crippen LogP contribution >= 0.6 is 27.3 Å². The van der Waals surface area contributed by atoms with Gasteiger partial charge in [0.2, 0.25) is 0 Å². The quantitative estimate of drug-likeness (QED) is 0.885. The van der Waals surface area contributed by atoms with Gasteiger partial charge in [-0.2, -0.15) is 0 Å². The Kier molecular flexibility index (Phi) is 4.58. The van der Waals surface area contributed by atoms with Gasteiger partial charge in [0.05, 0.1) is 4.88 Å². The molecule has 1 N–H and O–H groups in total. The molecule has 0 aromatic carbocycles. The van der Waals surface area contributed by atoms with Crippen molar-refractivity contribution < 1.29 is 0 Å². The van der Waals surface area contributed by atoms with E-state index in [1.54, 1.807) is 11.3 Å². The Labute approximate surface area is 126 Å². The number of anilines is 1. The Morgan fingerprint density at radius 2 is 2.00 bits per heavy atom. The fourth-order valence-electron chi connectivity index (χ4n) is 2.01. The Bertz CT molecular complexity index is 573. The number of nitrogens with zero attached hydrogens (tertiary/aromatic N) is 2. The molecule has 0 radical (unpaired) electrons. The highest BCUT2D eigenvalue weighted by atomic mass is 79.9. The minimum Gasteiger partial charge on any atom is -0.370 e. The fraction of sp³-hybridized carbons (Fsp3) is 0.429. The minimum absolute atomic E-state index is 0.810. The van der Waals surface area contributed by atoms with Crippen molar-refractivity contribution in [1.82, 2.24) is 9.97 Å². The monoisotopic (exact) mass is 339 g/mol. The largest absolute Gasteiger partial charge is 0.370 e. The van der Waals surface area contributed by atoms with Crippen LogP contribution in [0.25, 0.3) is 10.7 Å². The predicted molar refractivity (Wildman–Crippen MR) is 86.1 cm³/mol. The minimum atomic E-state index is 0.810. The molecule has 0 saturated carbocycles. The zero-order valence-corrected chi connectivity index (χ0v) is 14.1. The number of nitrogens with one attached hydrogen (secondary N) is 1. The molecule has 0 bridgehead atoms. The van der Waals surface area contributed by atoms with E-state index in [0.29, 0.717) is 0 Å². The molecule has 0 saturated heterocycles. The number of aromatic nitrogens is 2. The van der Waals surface area contributed by atoms with Crippen LogP contribution in [0.15, 0.2) is 10.5 Å². The van der Waals surface area contributed by atoms with Gasteiger partial charge in [0.1, 0.15) is 5.82 Å². The maximum Gasteiger partial charge on any atom is 0.171 e. The van der Waals surface area contributed by atoms with E-state index in [1.165, 1.54) is 10.4 Å². The second kappa shape index (κ2) is 6.01. The van der Waals surface area contributed by atoms with Crippen LogP contribution in [0.3, 0.4) is 0 Å². The lowest BCUT2D eigenvalue weighted by Crippen LogP contribution is -2.07. The molecule has 0 unspecified atom stereocenters. The molecular weight excluding hydrogens is 322 g/mol. The molecule has 2 rings (SSSR count). The van der Waals surface area contributed by atoms with Crippen LogP contribution in [0.1, 0.15) is 30.0 Å². The highest BCUT2D eigenvalue weighted by Crippen LogP contribution is 2.33. The molecule has 2 aromatic heterocycles. The van der Waals surface area contributed by atoms with Crippen molar-refractivity contribution in [3.63, 3.8) is 0 Å². The van der Waals surface area contributed by atoms with Crippen molar-refractivity contribution in [3.8, 4) is 10.7 Å². The lowest BCUT2D eigenvalue weighted by atomic mass is 10.1. The van der Waals surface area contributed by atoms with Gasteiger partial charge < -0.3 is 5.32 Å². The molecule has 19 heavy (non-hydrogen) atoms. The summed E-state index contributed by atoms with van der Waals surface area (Å²) in [6, 6.07) is 2.09. The summed E-state index contributed by atoms with van der Waals surface area (Å²) in [5.74, 6) is 1.78. The van der Waals surface area contributed by atoms with Crippen LogP contribution < -0.4 is 5.32 Å². The number of hydrogen-bond acceptors (Lipinski definition) is 4. The number of thiophene rings is 1. The van der Waals surface area contributed by atoms with E-state index < -0.39 is 0 Å². The molecule has 0 aliphatic rings. The van der Waals surface area contributed by atoms with E-state index in [2.05, 4.69) is 65.0 Å². The third-order valence-electron chi connectivity index (χ3n) is 2.99. The molecule has 0 spiro atoms. The number of hydrogen-bond donors (Lipinski definition) is 1. The predicted octanol–water partition coefficient (Wildman–Crippen LogP) is 4.58. The number of aryl methyl sites for hydroxylation is 2. The smallest absolute Gasteiger partial charge is 0.171 e. The Balaban J connectivity index is 2.52. The third-order valence-corrected chi connectivity index (χ3v) is 5.12. The molecule has 2 aromatic rings. The van der Waals surface area contributed by atoms with Gasteiger partial charge in [-0.3, -0.25) is 0 Å². The van der Waals surface area contributed by atoms with Crippen molar-refractivity contribution in [2.45, 2.75) is 34.1 Å². The highest BCUT2D eigenvalue weighted by molar-refractivity contribution is 9.10. The van der Waals surface area contributed by atoms with E-state index in [1.807, 2.05) is 0 Å². The molecule has 0 amide bonds. The summed E-state index contributed by atoms with van der Waals surface area (Å²) in [7, 11) is 0. The van der Waals surface area contributed by atoms with Crippen LogP contribution in [-0.2, 0) is 6.42 Å². The maximum atomic E-state index is 4.69. The van der Waals surface area contributed by atoms with E-state index in [9.17, 15) is 0 Å². The summed E-state index contributed by atoms with van der Waals surface area (Å²) in [5.41, 5.74) is 2.27.